The molecule has 15 heavy (non-hydrogen) atoms. The summed E-state index contributed by atoms with van der Waals surface area (Å²) in [7, 11) is 3.25. The minimum Gasteiger partial charge on any atom is -0.315 e. The molecular formula is C11H20N2O2. The van der Waals surface area contributed by atoms with Crippen molar-refractivity contribution in [2.45, 2.75) is 39.2 Å². The molecule has 0 saturated carbocycles. The zero-order valence-corrected chi connectivity index (χ0v) is 9.99. The summed E-state index contributed by atoms with van der Waals surface area (Å²) in [5.41, 5.74) is 0. The maximum atomic E-state index is 11.8. The lowest BCUT2D eigenvalue weighted by molar-refractivity contribution is -0.127. The first-order chi connectivity index (χ1) is 7.02. The molecule has 3 amide bonds. The van der Waals surface area contributed by atoms with Crippen LogP contribution in [0.5, 0.6) is 0 Å². The van der Waals surface area contributed by atoms with Gasteiger partial charge in [-0.05, 0) is 12.3 Å². The minimum absolute atomic E-state index is 0.0607. The summed E-state index contributed by atoms with van der Waals surface area (Å²) >= 11 is 0. The van der Waals surface area contributed by atoms with Gasteiger partial charge in [-0.3, -0.25) is 9.69 Å². The molecule has 0 aliphatic carbocycles. The molecule has 4 heteroatoms. The van der Waals surface area contributed by atoms with Crippen molar-refractivity contribution in [2.75, 3.05) is 14.1 Å². The number of imide groups is 1. The number of nitrogens with zero attached hydrogens (tertiary/aromatic N) is 2. The molecule has 1 fully saturated rings. The van der Waals surface area contributed by atoms with E-state index in [1.54, 1.807) is 19.0 Å². The predicted octanol–water partition coefficient (Wildman–Crippen LogP) is 1.71. The quantitative estimate of drug-likeness (QED) is 0.665. The first-order valence-corrected chi connectivity index (χ1v) is 5.57. The fourth-order valence-corrected chi connectivity index (χ4v) is 2.05. The maximum absolute atomic E-state index is 11.8. The molecule has 1 aliphatic heterocycles. The second kappa shape index (κ2) is 4.64. The van der Waals surface area contributed by atoms with E-state index in [2.05, 4.69) is 13.8 Å². The van der Waals surface area contributed by atoms with E-state index in [-0.39, 0.29) is 18.0 Å². The standard InChI is InChI=1S/C11H20N2O2/c1-5-8(6-2)7-9-10(14)13(4)11(15)12(9)3/h8-9H,5-7H2,1-4H3. The predicted molar refractivity (Wildman–Crippen MR) is 58.4 cm³/mol. The van der Waals surface area contributed by atoms with Gasteiger partial charge in [-0.25, -0.2) is 4.79 Å². The summed E-state index contributed by atoms with van der Waals surface area (Å²) in [6, 6.07) is -0.427. The summed E-state index contributed by atoms with van der Waals surface area (Å²) in [5, 5.41) is 0. The first-order valence-electron chi connectivity index (χ1n) is 5.57. The molecule has 0 spiro atoms. The highest BCUT2D eigenvalue weighted by atomic mass is 16.2. The van der Waals surface area contributed by atoms with Crippen molar-refractivity contribution in [3.05, 3.63) is 0 Å². The third-order valence-electron chi connectivity index (χ3n) is 3.38. The highest BCUT2D eigenvalue weighted by Crippen LogP contribution is 2.23. The summed E-state index contributed by atoms with van der Waals surface area (Å²) in [5.74, 6) is 0.468. The first kappa shape index (κ1) is 12.0. The molecule has 0 N–H and O–H groups in total. The largest absolute Gasteiger partial charge is 0.326 e. The van der Waals surface area contributed by atoms with Gasteiger partial charge in [0.05, 0.1) is 0 Å². The van der Waals surface area contributed by atoms with Gasteiger partial charge in [0.15, 0.2) is 0 Å². The second-order valence-corrected chi connectivity index (χ2v) is 4.22. The van der Waals surface area contributed by atoms with E-state index in [0.29, 0.717) is 5.92 Å². The van der Waals surface area contributed by atoms with E-state index >= 15 is 0 Å². The number of amides is 3. The number of carbonyl (C=O) groups excluding carboxylic acids is 2. The van der Waals surface area contributed by atoms with Crippen molar-refractivity contribution < 1.29 is 9.59 Å². The lowest BCUT2D eigenvalue weighted by Crippen LogP contribution is -2.33. The van der Waals surface area contributed by atoms with Gasteiger partial charge >= 0.3 is 6.03 Å². The van der Waals surface area contributed by atoms with Crippen LogP contribution in [-0.4, -0.2) is 41.9 Å². The van der Waals surface area contributed by atoms with E-state index in [1.165, 1.54) is 4.90 Å². The van der Waals surface area contributed by atoms with Crippen LogP contribution in [0.3, 0.4) is 0 Å². The molecule has 1 atom stereocenters. The second-order valence-electron chi connectivity index (χ2n) is 4.22. The molecular weight excluding hydrogens is 192 g/mol. The molecule has 4 nitrogen and oxygen atoms in total. The molecule has 1 unspecified atom stereocenters. The minimum atomic E-state index is -0.243. The van der Waals surface area contributed by atoms with Gasteiger partial charge in [0.1, 0.15) is 6.04 Å². The molecule has 1 aliphatic rings. The fraction of sp³-hybridized carbons (Fsp3) is 0.818. The van der Waals surface area contributed by atoms with Crippen molar-refractivity contribution >= 4 is 11.9 Å². The Bertz CT molecular complexity index is 261. The third-order valence-corrected chi connectivity index (χ3v) is 3.38. The van der Waals surface area contributed by atoms with E-state index in [9.17, 15) is 9.59 Å². The van der Waals surface area contributed by atoms with Gasteiger partial charge in [0, 0.05) is 14.1 Å². The van der Waals surface area contributed by atoms with Crippen LogP contribution >= 0.6 is 0 Å². The highest BCUT2D eigenvalue weighted by Gasteiger charge is 2.41. The topological polar surface area (TPSA) is 40.6 Å². The molecule has 0 aromatic carbocycles. The average Bonchev–Trinajstić information content (AvgIpc) is 2.42. The normalized spacial score (nSPS) is 22.1. The Balaban J connectivity index is 2.70. The molecule has 86 valence electrons. The van der Waals surface area contributed by atoms with E-state index in [0.717, 1.165) is 19.3 Å². The number of urea groups is 1. The molecule has 1 rings (SSSR count). The Morgan fingerprint density at radius 1 is 1.20 bits per heavy atom. The molecule has 0 radical (unpaired) electrons. The van der Waals surface area contributed by atoms with Gasteiger partial charge < -0.3 is 4.90 Å². The van der Waals surface area contributed by atoms with Crippen LogP contribution in [0.1, 0.15) is 33.1 Å². The fourth-order valence-electron chi connectivity index (χ4n) is 2.05. The van der Waals surface area contributed by atoms with Gasteiger partial charge in [-0.1, -0.05) is 26.7 Å². The monoisotopic (exact) mass is 212 g/mol. The number of hydrogen-bond donors (Lipinski definition) is 0. The van der Waals surface area contributed by atoms with Crippen molar-refractivity contribution in [3.8, 4) is 0 Å². The SMILES string of the molecule is CCC(CC)CC1C(=O)N(C)C(=O)N1C. The van der Waals surface area contributed by atoms with Crippen molar-refractivity contribution in [2.24, 2.45) is 5.92 Å². The Morgan fingerprint density at radius 2 is 1.73 bits per heavy atom. The molecule has 1 heterocycles. The van der Waals surface area contributed by atoms with E-state index in [1.807, 2.05) is 0 Å². The van der Waals surface area contributed by atoms with Crippen LogP contribution in [0, 0.1) is 5.92 Å². The Kier molecular flexibility index (Phi) is 3.72. The number of carbonyl (C=O) groups is 2. The van der Waals surface area contributed by atoms with Crippen LogP contribution in [0.25, 0.3) is 0 Å². The zero-order chi connectivity index (χ0) is 11.6. The number of hydrogen-bond acceptors (Lipinski definition) is 2. The molecule has 1 saturated heterocycles. The zero-order valence-electron chi connectivity index (χ0n) is 9.99. The van der Waals surface area contributed by atoms with Crippen molar-refractivity contribution in [3.63, 3.8) is 0 Å². The van der Waals surface area contributed by atoms with Gasteiger partial charge in [-0.15, -0.1) is 0 Å². The van der Waals surface area contributed by atoms with Gasteiger partial charge in [0.2, 0.25) is 0 Å². The maximum Gasteiger partial charge on any atom is 0.326 e. The summed E-state index contributed by atoms with van der Waals surface area (Å²) in [6.45, 7) is 4.25. The van der Waals surface area contributed by atoms with Crippen LogP contribution in [0.15, 0.2) is 0 Å². The van der Waals surface area contributed by atoms with Crippen LogP contribution < -0.4 is 0 Å². The molecule has 0 aromatic heterocycles. The summed E-state index contributed by atoms with van der Waals surface area (Å²) in [4.78, 5) is 26.0. The number of rotatable bonds is 4. The average molecular weight is 212 g/mol. The van der Waals surface area contributed by atoms with Gasteiger partial charge in [-0.2, -0.15) is 0 Å². The highest BCUT2D eigenvalue weighted by molar-refractivity contribution is 6.03. The Labute approximate surface area is 91.2 Å². The van der Waals surface area contributed by atoms with E-state index < -0.39 is 0 Å². The summed E-state index contributed by atoms with van der Waals surface area (Å²) in [6.07, 6.45) is 2.91. The Morgan fingerprint density at radius 3 is 2.07 bits per heavy atom. The number of likely N-dealkylation sites (N-methyl/N-ethyl adjacent to an activating group) is 2. The summed E-state index contributed by atoms with van der Waals surface area (Å²) < 4.78 is 0. The Hall–Kier alpha value is -1.06. The third kappa shape index (κ3) is 2.13. The lowest BCUT2D eigenvalue weighted by atomic mass is 9.94. The molecule has 0 aromatic rings. The van der Waals surface area contributed by atoms with Crippen LogP contribution in [0.4, 0.5) is 4.79 Å². The smallest absolute Gasteiger partial charge is 0.315 e. The van der Waals surface area contributed by atoms with E-state index in [4.69, 9.17) is 0 Å². The van der Waals surface area contributed by atoms with Crippen LogP contribution in [-0.2, 0) is 4.79 Å². The molecule has 0 bridgehead atoms. The van der Waals surface area contributed by atoms with Crippen LogP contribution in [0.2, 0.25) is 0 Å². The van der Waals surface area contributed by atoms with Crippen molar-refractivity contribution in [1.29, 1.82) is 0 Å². The van der Waals surface area contributed by atoms with Gasteiger partial charge in [0.25, 0.3) is 5.91 Å². The lowest BCUT2D eigenvalue weighted by Gasteiger charge is -2.20. The van der Waals surface area contributed by atoms with Crippen molar-refractivity contribution in [1.82, 2.24) is 9.80 Å².